The first-order valence-corrected chi connectivity index (χ1v) is 11.1. The average Bonchev–Trinajstić information content (AvgIpc) is 2.63. The van der Waals surface area contributed by atoms with E-state index in [9.17, 15) is 9.36 Å². The number of carbonyl (C=O) groups is 1. The summed E-state index contributed by atoms with van der Waals surface area (Å²) in [5, 5.41) is 0. The fourth-order valence-electron chi connectivity index (χ4n) is 1.95. The molecule has 0 aliphatic carbocycles. The second kappa shape index (κ2) is 10.9. The zero-order valence-electron chi connectivity index (χ0n) is 14.7. The van der Waals surface area contributed by atoms with Gasteiger partial charge in [0.1, 0.15) is 11.5 Å². The highest BCUT2D eigenvalue weighted by Gasteiger charge is 2.35. The topological polar surface area (TPSA) is 61.8 Å². The maximum Gasteiger partial charge on any atom is 0.649 e. The molecule has 0 aliphatic heterocycles. The van der Waals surface area contributed by atoms with Gasteiger partial charge in [-0.05, 0) is 36.4 Å². The van der Waals surface area contributed by atoms with Crippen molar-refractivity contribution in [1.29, 1.82) is 0 Å². The van der Waals surface area contributed by atoms with Crippen LogP contribution in [0.4, 0.5) is 0 Å². The Morgan fingerprint density at radius 1 is 0.923 bits per heavy atom. The van der Waals surface area contributed by atoms with Crippen LogP contribution < -0.4 is 9.05 Å². The first-order chi connectivity index (χ1) is 12.6. The van der Waals surface area contributed by atoms with E-state index in [2.05, 4.69) is 6.92 Å². The molecule has 2 aromatic carbocycles. The van der Waals surface area contributed by atoms with Crippen LogP contribution in [0.1, 0.15) is 26.2 Å². The van der Waals surface area contributed by atoms with Gasteiger partial charge in [-0.15, -0.1) is 0 Å². The molecule has 0 N–H and O–H groups in total. The molecular weight excluding hydrogens is 371 g/mol. The largest absolute Gasteiger partial charge is 0.649 e. The molecule has 0 atom stereocenters. The average molecular weight is 394 g/mol. The highest BCUT2D eigenvalue weighted by molar-refractivity contribution is 7.99. The predicted molar refractivity (Wildman–Crippen MR) is 105 cm³/mol. The lowest BCUT2D eigenvalue weighted by Gasteiger charge is -2.18. The van der Waals surface area contributed by atoms with Gasteiger partial charge in [0.05, 0.1) is 6.42 Å². The number of carbonyl (C=O) groups excluding carboxylic acids is 1. The Hall–Kier alpha value is -1.91. The van der Waals surface area contributed by atoms with E-state index in [1.54, 1.807) is 72.4 Å². The fraction of sp³-hybridized carbons (Fsp3) is 0.316. The van der Waals surface area contributed by atoms with Gasteiger partial charge in [0.25, 0.3) is 0 Å². The summed E-state index contributed by atoms with van der Waals surface area (Å²) >= 11 is 1.67. The van der Waals surface area contributed by atoms with E-state index < -0.39 is 13.8 Å². The van der Waals surface area contributed by atoms with Crippen molar-refractivity contribution in [2.24, 2.45) is 0 Å². The molecule has 0 spiro atoms. The van der Waals surface area contributed by atoms with Gasteiger partial charge in [-0.1, -0.05) is 49.7 Å². The van der Waals surface area contributed by atoms with Gasteiger partial charge in [-0.3, -0.25) is 4.79 Å². The maximum absolute atomic E-state index is 13.0. The Morgan fingerprint density at radius 2 is 1.46 bits per heavy atom. The minimum absolute atomic E-state index is 0.147. The fourth-order valence-corrected chi connectivity index (χ4v) is 4.17. The third-order valence-corrected chi connectivity index (χ3v) is 5.59. The first-order valence-electron chi connectivity index (χ1n) is 8.51. The Kier molecular flexibility index (Phi) is 8.59. The Bertz CT molecular complexity index is 663. The van der Waals surface area contributed by atoms with Crippen LogP contribution in [-0.2, 0) is 13.9 Å². The smallest absolute Gasteiger partial charge is 0.386 e. The lowest BCUT2D eigenvalue weighted by Crippen LogP contribution is -2.11. The molecule has 0 saturated carbocycles. The number of phosphoric acid groups is 1. The van der Waals surface area contributed by atoms with Crippen molar-refractivity contribution in [2.45, 2.75) is 26.2 Å². The van der Waals surface area contributed by atoms with Gasteiger partial charge >= 0.3 is 13.8 Å². The van der Waals surface area contributed by atoms with Gasteiger partial charge in [-0.25, -0.2) is 0 Å². The summed E-state index contributed by atoms with van der Waals surface area (Å²) in [6.07, 6.45) is 2.36. The highest BCUT2D eigenvalue weighted by Crippen LogP contribution is 2.49. The minimum Gasteiger partial charge on any atom is -0.386 e. The van der Waals surface area contributed by atoms with E-state index in [0.29, 0.717) is 17.3 Å². The molecule has 2 rings (SSSR count). The summed E-state index contributed by atoms with van der Waals surface area (Å²) in [7, 11) is -4.14. The molecule has 5 nitrogen and oxygen atoms in total. The van der Waals surface area contributed by atoms with Crippen LogP contribution in [-0.4, -0.2) is 17.5 Å². The van der Waals surface area contributed by atoms with Crippen LogP contribution in [0.25, 0.3) is 0 Å². The van der Waals surface area contributed by atoms with E-state index in [-0.39, 0.29) is 6.42 Å². The number of phosphoric ester groups is 1. The minimum atomic E-state index is -4.14. The van der Waals surface area contributed by atoms with E-state index in [0.717, 1.165) is 18.6 Å². The lowest BCUT2D eigenvalue weighted by atomic mass is 10.3. The highest BCUT2D eigenvalue weighted by atomic mass is 32.2. The molecule has 7 heteroatoms. The summed E-state index contributed by atoms with van der Waals surface area (Å²) in [4.78, 5) is 12.1. The van der Waals surface area contributed by atoms with Crippen molar-refractivity contribution in [3.8, 4) is 11.5 Å². The van der Waals surface area contributed by atoms with Gasteiger partial charge in [0.2, 0.25) is 0 Å². The standard InChI is InChI=1S/C19H23O5PS/c1-2-3-15-26-16-14-19(20)24-25(21,22-17-10-6-4-7-11-17)23-18-12-8-5-9-13-18/h4-13H,2-3,14-16H2,1H3. The van der Waals surface area contributed by atoms with Crippen molar-refractivity contribution in [3.05, 3.63) is 60.7 Å². The summed E-state index contributed by atoms with van der Waals surface area (Å²) in [5.74, 6) is 1.59. The maximum atomic E-state index is 13.0. The third kappa shape index (κ3) is 7.54. The molecule has 0 fully saturated rings. The molecule has 26 heavy (non-hydrogen) atoms. The van der Waals surface area contributed by atoms with Gasteiger partial charge in [0.15, 0.2) is 0 Å². The van der Waals surface area contributed by atoms with Crippen molar-refractivity contribution in [1.82, 2.24) is 0 Å². The van der Waals surface area contributed by atoms with Crippen LogP contribution in [0.3, 0.4) is 0 Å². The van der Waals surface area contributed by atoms with Crippen molar-refractivity contribution in [2.75, 3.05) is 11.5 Å². The zero-order valence-corrected chi connectivity index (χ0v) is 16.4. The number of rotatable bonds is 11. The van der Waals surface area contributed by atoms with Gasteiger partial charge in [-0.2, -0.15) is 16.3 Å². The Balaban J connectivity index is 2.00. The van der Waals surface area contributed by atoms with E-state index in [1.165, 1.54) is 0 Å². The van der Waals surface area contributed by atoms with E-state index in [4.69, 9.17) is 13.6 Å². The molecule has 0 unspecified atom stereocenters. The number of hydrogen-bond donors (Lipinski definition) is 0. The summed E-state index contributed by atoms with van der Waals surface area (Å²) in [6.45, 7) is 2.12. The molecule has 0 radical (unpaired) electrons. The second-order valence-electron chi connectivity index (χ2n) is 5.44. The normalized spacial score (nSPS) is 11.0. The zero-order chi connectivity index (χ0) is 18.7. The number of unbranched alkanes of at least 4 members (excludes halogenated alkanes) is 1. The molecule has 2 aromatic rings. The van der Waals surface area contributed by atoms with Crippen molar-refractivity contribution < 1.29 is 22.9 Å². The van der Waals surface area contributed by atoms with Crippen LogP contribution in [0, 0.1) is 0 Å². The number of benzene rings is 2. The van der Waals surface area contributed by atoms with Crippen LogP contribution in [0.15, 0.2) is 60.7 Å². The molecule has 0 amide bonds. The molecule has 140 valence electrons. The van der Waals surface area contributed by atoms with Crippen molar-refractivity contribution in [3.63, 3.8) is 0 Å². The molecular formula is C19H23O5PS. The monoisotopic (exact) mass is 394 g/mol. The Labute approximate surface area is 158 Å². The molecule has 0 saturated heterocycles. The summed E-state index contributed by atoms with van der Waals surface area (Å²) in [5.41, 5.74) is 0. The van der Waals surface area contributed by atoms with Crippen LogP contribution in [0.5, 0.6) is 11.5 Å². The number of thioether (sulfide) groups is 1. The molecule has 0 bridgehead atoms. The molecule has 0 aromatic heterocycles. The molecule has 0 heterocycles. The lowest BCUT2D eigenvalue weighted by molar-refractivity contribution is -0.134. The van der Waals surface area contributed by atoms with Gasteiger partial charge in [0, 0.05) is 5.75 Å². The third-order valence-electron chi connectivity index (χ3n) is 3.23. The van der Waals surface area contributed by atoms with Crippen LogP contribution in [0.2, 0.25) is 0 Å². The predicted octanol–water partition coefficient (Wildman–Crippen LogP) is 5.72. The first kappa shape index (κ1) is 20.4. The second-order valence-corrected chi connectivity index (χ2v) is 8.10. The summed E-state index contributed by atoms with van der Waals surface area (Å²) < 4.78 is 28.9. The van der Waals surface area contributed by atoms with E-state index >= 15 is 0 Å². The van der Waals surface area contributed by atoms with E-state index in [1.807, 2.05) is 0 Å². The SMILES string of the molecule is CCCCSCCC(=O)OP(=O)(Oc1ccccc1)Oc1ccccc1. The number of hydrogen-bond acceptors (Lipinski definition) is 6. The molecule has 0 aliphatic rings. The van der Waals surface area contributed by atoms with Crippen LogP contribution >= 0.6 is 19.6 Å². The van der Waals surface area contributed by atoms with Gasteiger partial charge < -0.3 is 13.6 Å². The van der Waals surface area contributed by atoms with Crippen molar-refractivity contribution >= 4 is 25.6 Å². The number of para-hydroxylation sites is 2. The summed E-state index contributed by atoms with van der Waals surface area (Å²) in [6, 6.07) is 17.0. The Morgan fingerprint density at radius 3 is 1.96 bits per heavy atom. The quantitative estimate of drug-likeness (QED) is 0.359.